The molecule has 2 heterocycles. The molecule has 3 aromatic carbocycles. The fourth-order valence-electron chi connectivity index (χ4n) is 6.52. The van der Waals surface area contributed by atoms with Gasteiger partial charge >= 0.3 is 0 Å². The van der Waals surface area contributed by atoms with Gasteiger partial charge in [0.25, 0.3) is 0 Å². The normalized spacial score (nSPS) is 21.0. The van der Waals surface area contributed by atoms with Crippen LogP contribution in [0.3, 0.4) is 0 Å². The van der Waals surface area contributed by atoms with Gasteiger partial charge in [-0.25, -0.2) is 4.90 Å². The molecule has 2 unspecified atom stereocenters. The number of fused-ring (bicyclic) bond motifs is 2. The maximum Gasteiger partial charge on any atom is 0.245 e. The summed E-state index contributed by atoms with van der Waals surface area (Å²) in [5, 5.41) is 8.10. The van der Waals surface area contributed by atoms with Gasteiger partial charge in [-0.1, -0.05) is 97.4 Å². The summed E-state index contributed by atoms with van der Waals surface area (Å²) in [5.41, 5.74) is -0.281. The van der Waals surface area contributed by atoms with Crippen LogP contribution in [-0.4, -0.2) is 89.3 Å². The minimum Gasteiger partial charge on any atom is -0.337 e. The van der Waals surface area contributed by atoms with E-state index in [1.54, 1.807) is 23.8 Å². The number of halogens is 1. The molecule has 5 rings (SSSR count). The van der Waals surface area contributed by atoms with Crippen LogP contribution >= 0.6 is 15.9 Å². The van der Waals surface area contributed by atoms with E-state index in [2.05, 4.69) is 32.6 Å². The van der Waals surface area contributed by atoms with Crippen molar-refractivity contribution < 1.29 is 19.2 Å². The lowest BCUT2D eigenvalue weighted by molar-refractivity contribution is -0.160. The first-order valence-electron chi connectivity index (χ1n) is 15.4. The van der Waals surface area contributed by atoms with Crippen LogP contribution in [0.25, 0.3) is 10.8 Å². The summed E-state index contributed by atoms with van der Waals surface area (Å²) in [5.74, 6) is -0.714. The van der Waals surface area contributed by atoms with Crippen LogP contribution < -0.4 is 10.6 Å². The van der Waals surface area contributed by atoms with Crippen LogP contribution in [0.2, 0.25) is 0 Å². The highest BCUT2D eigenvalue weighted by Crippen LogP contribution is 2.39. The molecule has 4 atom stereocenters. The molecule has 9 nitrogen and oxygen atoms in total. The summed E-state index contributed by atoms with van der Waals surface area (Å²) in [6.07, 6.45) is 1.09. The van der Waals surface area contributed by atoms with Crippen LogP contribution in [0, 0.1) is 5.41 Å². The van der Waals surface area contributed by atoms with Crippen molar-refractivity contribution in [1.82, 2.24) is 25.3 Å². The summed E-state index contributed by atoms with van der Waals surface area (Å²) < 4.78 is 0.968. The van der Waals surface area contributed by atoms with Gasteiger partial charge in [0.2, 0.25) is 17.7 Å². The minimum atomic E-state index is -1.51. The van der Waals surface area contributed by atoms with E-state index in [0.717, 1.165) is 32.7 Å². The van der Waals surface area contributed by atoms with Gasteiger partial charge in [0.15, 0.2) is 11.9 Å². The topological polar surface area (TPSA) is 102 Å². The monoisotopic (exact) mass is 675 g/mol. The number of piperazine rings is 1. The van der Waals surface area contributed by atoms with Gasteiger partial charge < -0.3 is 20.4 Å². The van der Waals surface area contributed by atoms with Gasteiger partial charge in [0.1, 0.15) is 12.2 Å². The summed E-state index contributed by atoms with van der Waals surface area (Å²) in [6.45, 7) is 7.91. The highest BCUT2D eigenvalue weighted by atomic mass is 79.9. The number of likely N-dealkylation sites (N-methyl/N-ethyl adjacent to an activating group) is 1. The second-order valence-corrected chi connectivity index (χ2v) is 13.9. The van der Waals surface area contributed by atoms with Crippen molar-refractivity contribution in [3.8, 4) is 0 Å². The van der Waals surface area contributed by atoms with Gasteiger partial charge in [0, 0.05) is 22.9 Å². The molecule has 2 N–H and O–H groups in total. The van der Waals surface area contributed by atoms with Crippen molar-refractivity contribution in [1.29, 1.82) is 0 Å². The molecule has 0 bridgehead atoms. The number of nitrogens with zero attached hydrogens (tertiary/aromatic N) is 3. The Balaban J connectivity index is 1.54. The van der Waals surface area contributed by atoms with Crippen molar-refractivity contribution in [2.24, 2.45) is 5.41 Å². The van der Waals surface area contributed by atoms with Crippen LogP contribution in [0.5, 0.6) is 0 Å². The number of hydrogen-bond acceptors (Lipinski definition) is 6. The Morgan fingerprint density at radius 3 is 2.40 bits per heavy atom. The average Bonchev–Trinajstić information content (AvgIpc) is 3.35. The minimum absolute atomic E-state index is 0.103. The smallest absolute Gasteiger partial charge is 0.245 e. The Labute approximate surface area is 273 Å². The number of carbonyl (C=O) groups excluding carboxylic acids is 4. The molecule has 10 heteroatoms. The molecule has 2 aliphatic heterocycles. The Hall–Kier alpha value is -3.60. The summed E-state index contributed by atoms with van der Waals surface area (Å²) in [7, 11) is 1.68. The molecule has 2 saturated heterocycles. The van der Waals surface area contributed by atoms with E-state index in [1.165, 1.54) is 0 Å². The van der Waals surface area contributed by atoms with Gasteiger partial charge in [-0.2, -0.15) is 0 Å². The maximum absolute atomic E-state index is 14.3. The van der Waals surface area contributed by atoms with Gasteiger partial charge in [0.05, 0.1) is 19.1 Å². The van der Waals surface area contributed by atoms with E-state index in [4.69, 9.17) is 0 Å². The van der Waals surface area contributed by atoms with Crippen molar-refractivity contribution >= 4 is 50.7 Å². The quantitative estimate of drug-likeness (QED) is 0.318. The van der Waals surface area contributed by atoms with Crippen molar-refractivity contribution in [2.75, 3.05) is 26.7 Å². The first kappa shape index (κ1) is 32.8. The molecule has 238 valence electrons. The SMILES string of the molecule is CNC(C)C(=O)NC(C=O)(N1CC(=O)N2[C@@H](Cc3ccc4ccccc4c3)C(=O)N(CCc3ccccc3Br)C[C@@H]21)C(C)(C)C. The van der Waals surface area contributed by atoms with Crippen LogP contribution in [0.1, 0.15) is 38.8 Å². The lowest BCUT2D eigenvalue weighted by atomic mass is 9.79. The molecule has 0 spiro atoms. The standard InChI is InChI=1S/C35H42BrN5O4/c1-23(37-5)32(44)38-35(22-42,34(2,3)4)40-21-31(43)41-29(19-24-14-15-25-10-6-7-12-27(25)18-24)33(45)39(20-30(40)41)17-16-26-11-8-9-13-28(26)36/h6-15,18,22-23,29-30,37H,16-17,19-21H2,1-5H3,(H,38,44)/t23?,29-,30+,35?/m0/s1. The fraction of sp³-hybridized carbons (Fsp3) is 0.429. The van der Waals surface area contributed by atoms with Gasteiger partial charge in [-0.05, 0) is 48.4 Å². The predicted molar refractivity (Wildman–Crippen MR) is 178 cm³/mol. The van der Waals surface area contributed by atoms with Crippen LogP contribution in [-0.2, 0) is 32.0 Å². The number of aldehydes is 1. The zero-order valence-electron chi connectivity index (χ0n) is 26.5. The molecule has 0 aromatic heterocycles. The molecular weight excluding hydrogens is 634 g/mol. The highest BCUT2D eigenvalue weighted by Gasteiger charge is 2.59. The number of amides is 3. The average molecular weight is 677 g/mol. The lowest BCUT2D eigenvalue weighted by Crippen LogP contribution is -2.74. The number of rotatable bonds is 10. The molecule has 0 aliphatic carbocycles. The Morgan fingerprint density at radius 2 is 1.73 bits per heavy atom. The van der Waals surface area contributed by atoms with Crippen LogP contribution in [0.15, 0.2) is 71.2 Å². The molecule has 3 aromatic rings. The summed E-state index contributed by atoms with van der Waals surface area (Å²) >= 11 is 3.62. The lowest BCUT2D eigenvalue weighted by Gasteiger charge is -2.52. The number of hydrogen-bond donors (Lipinski definition) is 2. The van der Waals surface area contributed by atoms with E-state index in [0.29, 0.717) is 19.4 Å². The van der Waals surface area contributed by atoms with Crippen molar-refractivity contribution in [3.63, 3.8) is 0 Å². The molecule has 3 amide bonds. The molecule has 0 saturated carbocycles. The van der Waals surface area contributed by atoms with E-state index in [9.17, 15) is 19.2 Å². The third-order valence-electron chi connectivity index (χ3n) is 9.35. The molecule has 45 heavy (non-hydrogen) atoms. The van der Waals surface area contributed by atoms with E-state index in [1.807, 2.05) is 86.3 Å². The third kappa shape index (κ3) is 6.28. The Kier molecular flexibility index (Phi) is 9.49. The maximum atomic E-state index is 14.3. The van der Waals surface area contributed by atoms with Gasteiger partial charge in [-0.15, -0.1) is 0 Å². The summed E-state index contributed by atoms with van der Waals surface area (Å²) in [4.78, 5) is 60.0. The second kappa shape index (κ2) is 13.0. The number of benzene rings is 3. The second-order valence-electron chi connectivity index (χ2n) is 13.1. The predicted octanol–water partition coefficient (Wildman–Crippen LogP) is 3.73. The fourth-order valence-corrected chi connectivity index (χ4v) is 7.00. The zero-order valence-corrected chi connectivity index (χ0v) is 28.1. The largest absolute Gasteiger partial charge is 0.337 e. The molecular formula is C35H42BrN5O4. The first-order chi connectivity index (χ1) is 21.4. The van der Waals surface area contributed by atoms with E-state index >= 15 is 0 Å². The summed E-state index contributed by atoms with van der Waals surface area (Å²) in [6, 6.07) is 20.8. The van der Waals surface area contributed by atoms with Gasteiger partial charge in [-0.3, -0.25) is 19.2 Å². The molecule has 2 fully saturated rings. The van der Waals surface area contributed by atoms with E-state index < -0.39 is 29.3 Å². The third-order valence-corrected chi connectivity index (χ3v) is 10.1. The molecule has 0 radical (unpaired) electrons. The van der Waals surface area contributed by atoms with E-state index in [-0.39, 0.29) is 30.8 Å². The Bertz CT molecular complexity index is 1610. The molecule has 2 aliphatic rings. The zero-order chi connectivity index (χ0) is 32.5. The van der Waals surface area contributed by atoms with Crippen LogP contribution in [0.4, 0.5) is 0 Å². The highest BCUT2D eigenvalue weighted by molar-refractivity contribution is 9.10. The Morgan fingerprint density at radius 1 is 1.04 bits per heavy atom. The van der Waals surface area contributed by atoms with Crippen molar-refractivity contribution in [3.05, 3.63) is 82.3 Å². The number of carbonyl (C=O) groups is 4. The first-order valence-corrected chi connectivity index (χ1v) is 16.2. The number of nitrogens with one attached hydrogen (secondary N) is 2. The van der Waals surface area contributed by atoms with Crippen molar-refractivity contribution in [2.45, 2.75) is 64.4 Å².